The molecule has 0 amide bonds. The van der Waals surface area contributed by atoms with Crippen molar-refractivity contribution in [2.75, 3.05) is 11.4 Å². The number of hydrogen-bond acceptors (Lipinski definition) is 5. The SMILES string of the molecule is Cc1c(-c2ccc(C(F)(F)F)cc2O)nnc2c1CCCN2[C@@H]1CCCC[C@H]1O. The Morgan fingerprint density at radius 2 is 1.86 bits per heavy atom. The zero-order chi connectivity index (χ0) is 20.8. The molecule has 4 rings (SSSR count). The summed E-state index contributed by atoms with van der Waals surface area (Å²) in [6, 6.07) is 2.93. The van der Waals surface area contributed by atoms with Gasteiger partial charge in [0, 0.05) is 17.7 Å². The van der Waals surface area contributed by atoms with Crippen molar-refractivity contribution in [3.8, 4) is 17.0 Å². The molecule has 0 spiro atoms. The van der Waals surface area contributed by atoms with Crippen LogP contribution in [0.5, 0.6) is 5.75 Å². The van der Waals surface area contributed by atoms with Crippen LogP contribution >= 0.6 is 0 Å². The molecule has 1 aliphatic carbocycles. The van der Waals surface area contributed by atoms with Crippen molar-refractivity contribution in [3.05, 3.63) is 34.9 Å². The summed E-state index contributed by atoms with van der Waals surface area (Å²) in [5, 5.41) is 29.3. The second-order valence-corrected chi connectivity index (χ2v) is 7.92. The minimum Gasteiger partial charge on any atom is -0.507 e. The van der Waals surface area contributed by atoms with Crippen LogP contribution in [0, 0.1) is 6.92 Å². The lowest BCUT2D eigenvalue weighted by molar-refractivity contribution is -0.137. The van der Waals surface area contributed by atoms with E-state index in [1.54, 1.807) is 0 Å². The number of hydrogen-bond donors (Lipinski definition) is 2. The topological polar surface area (TPSA) is 69.5 Å². The highest BCUT2D eigenvalue weighted by molar-refractivity contribution is 5.73. The lowest BCUT2D eigenvalue weighted by Crippen LogP contribution is -2.48. The average Bonchev–Trinajstić information content (AvgIpc) is 2.68. The first-order valence-electron chi connectivity index (χ1n) is 9.99. The fourth-order valence-corrected chi connectivity index (χ4v) is 4.55. The molecule has 1 saturated carbocycles. The molecule has 8 heteroatoms. The maximum absolute atomic E-state index is 12.9. The number of halogens is 3. The first-order valence-corrected chi connectivity index (χ1v) is 9.99. The molecule has 0 bridgehead atoms. The van der Waals surface area contributed by atoms with E-state index < -0.39 is 23.6 Å². The van der Waals surface area contributed by atoms with Gasteiger partial charge in [0.25, 0.3) is 0 Å². The molecule has 0 unspecified atom stereocenters. The summed E-state index contributed by atoms with van der Waals surface area (Å²) in [4.78, 5) is 2.14. The van der Waals surface area contributed by atoms with Crippen LogP contribution in [0.3, 0.4) is 0 Å². The number of anilines is 1. The highest BCUT2D eigenvalue weighted by atomic mass is 19.4. The molecule has 1 fully saturated rings. The summed E-state index contributed by atoms with van der Waals surface area (Å²) in [5.41, 5.74) is 1.51. The number of aliphatic hydroxyl groups is 1. The Labute approximate surface area is 167 Å². The normalized spacial score (nSPS) is 22.4. The fourth-order valence-electron chi connectivity index (χ4n) is 4.55. The highest BCUT2D eigenvalue weighted by Gasteiger charge is 2.34. The molecule has 2 aliphatic rings. The van der Waals surface area contributed by atoms with Gasteiger partial charge in [0.15, 0.2) is 5.82 Å². The Morgan fingerprint density at radius 3 is 2.55 bits per heavy atom. The van der Waals surface area contributed by atoms with Crippen molar-refractivity contribution >= 4 is 5.82 Å². The van der Waals surface area contributed by atoms with E-state index in [4.69, 9.17) is 0 Å². The Morgan fingerprint density at radius 1 is 1.10 bits per heavy atom. The van der Waals surface area contributed by atoms with E-state index in [0.29, 0.717) is 5.69 Å². The molecular formula is C21H24F3N3O2. The third-order valence-corrected chi connectivity index (χ3v) is 6.09. The molecule has 2 N–H and O–H groups in total. The molecule has 1 aliphatic heterocycles. The van der Waals surface area contributed by atoms with E-state index in [1.165, 1.54) is 6.07 Å². The Hall–Kier alpha value is -2.35. The van der Waals surface area contributed by atoms with E-state index in [9.17, 15) is 23.4 Å². The number of alkyl halides is 3. The predicted octanol–water partition coefficient (Wildman–Crippen LogP) is 4.23. The van der Waals surface area contributed by atoms with E-state index >= 15 is 0 Å². The largest absolute Gasteiger partial charge is 0.507 e. The molecule has 2 heterocycles. The van der Waals surface area contributed by atoms with E-state index in [-0.39, 0.29) is 11.6 Å². The number of phenols is 1. The summed E-state index contributed by atoms with van der Waals surface area (Å²) >= 11 is 0. The van der Waals surface area contributed by atoms with Crippen LogP contribution < -0.4 is 4.90 Å². The van der Waals surface area contributed by atoms with Gasteiger partial charge in [-0.2, -0.15) is 13.2 Å². The van der Waals surface area contributed by atoms with Gasteiger partial charge in [0.05, 0.1) is 23.4 Å². The minimum absolute atomic E-state index is 0.0156. The van der Waals surface area contributed by atoms with Gasteiger partial charge >= 0.3 is 6.18 Å². The molecule has 0 saturated heterocycles. The smallest absolute Gasteiger partial charge is 0.416 e. The minimum atomic E-state index is -4.52. The average molecular weight is 407 g/mol. The second-order valence-electron chi connectivity index (χ2n) is 7.92. The van der Waals surface area contributed by atoms with Crippen LogP contribution in [0.25, 0.3) is 11.3 Å². The Kier molecular flexibility index (Phi) is 5.14. The molecular weight excluding hydrogens is 383 g/mol. The zero-order valence-corrected chi connectivity index (χ0v) is 16.2. The van der Waals surface area contributed by atoms with Gasteiger partial charge in [0.2, 0.25) is 0 Å². The first kappa shape index (κ1) is 19.9. The number of phenolic OH excluding ortho intramolecular Hbond substituents is 1. The number of rotatable bonds is 2. The third kappa shape index (κ3) is 3.66. The standard InChI is InChI=1S/C21H24F3N3O2/c1-12-14-5-4-10-27(16-6-2-3-7-17(16)28)20(14)26-25-19(12)15-9-8-13(11-18(15)29)21(22,23)24/h8-9,11,16-17,28-29H,2-7,10H2,1H3/t16-,17-/m1/s1. The van der Waals surface area contributed by atoms with Crippen molar-refractivity contribution in [1.82, 2.24) is 10.2 Å². The van der Waals surface area contributed by atoms with Crippen molar-refractivity contribution in [1.29, 1.82) is 0 Å². The van der Waals surface area contributed by atoms with Crippen LogP contribution in [0.2, 0.25) is 0 Å². The van der Waals surface area contributed by atoms with Gasteiger partial charge in [-0.15, -0.1) is 10.2 Å². The lowest BCUT2D eigenvalue weighted by Gasteiger charge is -2.41. The predicted molar refractivity (Wildman–Crippen MR) is 103 cm³/mol. The van der Waals surface area contributed by atoms with E-state index in [2.05, 4.69) is 15.1 Å². The summed E-state index contributed by atoms with van der Waals surface area (Å²) in [6.45, 7) is 2.66. The first-order chi connectivity index (χ1) is 13.8. The van der Waals surface area contributed by atoms with Crippen molar-refractivity contribution < 1.29 is 23.4 Å². The second kappa shape index (κ2) is 7.48. The van der Waals surface area contributed by atoms with Crippen molar-refractivity contribution in [2.24, 2.45) is 0 Å². The maximum Gasteiger partial charge on any atom is 0.416 e. The van der Waals surface area contributed by atoms with Crippen LogP contribution in [0.4, 0.5) is 19.0 Å². The number of aliphatic hydroxyl groups excluding tert-OH is 1. The van der Waals surface area contributed by atoms with Crippen molar-refractivity contribution in [3.63, 3.8) is 0 Å². The van der Waals surface area contributed by atoms with E-state index in [1.807, 2.05) is 6.92 Å². The van der Waals surface area contributed by atoms with Crippen LogP contribution in [0.15, 0.2) is 18.2 Å². The van der Waals surface area contributed by atoms with Gasteiger partial charge in [-0.1, -0.05) is 12.8 Å². The van der Waals surface area contributed by atoms with Crippen LogP contribution in [0.1, 0.15) is 48.8 Å². The summed E-state index contributed by atoms with van der Waals surface area (Å²) in [5.74, 6) is 0.280. The number of fused-ring (bicyclic) bond motifs is 1. The highest BCUT2D eigenvalue weighted by Crippen LogP contribution is 2.40. The molecule has 29 heavy (non-hydrogen) atoms. The molecule has 1 aromatic heterocycles. The summed E-state index contributed by atoms with van der Waals surface area (Å²) in [6.07, 6.45) is 0.547. The molecule has 2 aromatic rings. The van der Waals surface area contributed by atoms with Crippen molar-refractivity contribution in [2.45, 2.75) is 63.8 Å². The Bertz CT molecular complexity index is 917. The van der Waals surface area contributed by atoms with E-state index in [0.717, 1.165) is 74.1 Å². The summed E-state index contributed by atoms with van der Waals surface area (Å²) < 4.78 is 38.7. The van der Waals surface area contributed by atoms with Gasteiger partial charge < -0.3 is 15.1 Å². The van der Waals surface area contributed by atoms with Crippen LogP contribution in [-0.4, -0.2) is 39.1 Å². The van der Waals surface area contributed by atoms with Gasteiger partial charge in [-0.05, 0) is 56.4 Å². The van der Waals surface area contributed by atoms with Gasteiger partial charge in [0.1, 0.15) is 5.75 Å². The summed E-state index contributed by atoms with van der Waals surface area (Å²) in [7, 11) is 0. The lowest BCUT2D eigenvalue weighted by atomic mass is 9.89. The molecule has 2 atom stereocenters. The third-order valence-electron chi connectivity index (χ3n) is 6.09. The molecule has 1 aromatic carbocycles. The Balaban J connectivity index is 1.72. The maximum atomic E-state index is 12.9. The fraction of sp³-hybridized carbons (Fsp3) is 0.524. The van der Waals surface area contributed by atoms with Crippen LogP contribution in [-0.2, 0) is 12.6 Å². The van der Waals surface area contributed by atoms with Gasteiger partial charge in [-0.25, -0.2) is 0 Å². The molecule has 5 nitrogen and oxygen atoms in total. The number of aromatic hydroxyl groups is 1. The quantitative estimate of drug-likeness (QED) is 0.780. The molecule has 156 valence electrons. The number of nitrogens with zero attached hydrogens (tertiary/aromatic N) is 3. The number of aromatic nitrogens is 2. The number of benzene rings is 1. The van der Waals surface area contributed by atoms with Gasteiger partial charge in [-0.3, -0.25) is 0 Å². The molecule has 0 radical (unpaired) electrons. The zero-order valence-electron chi connectivity index (χ0n) is 16.2. The monoisotopic (exact) mass is 407 g/mol.